The van der Waals surface area contributed by atoms with Crippen molar-refractivity contribution in [2.24, 2.45) is 0 Å². The number of nitrogens with zero attached hydrogens (tertiary/aromatic N) is 1. The lowest BCUT2D eigenvalue weighted by molar-refractivity contribution is 0.300. The van der Waals surface area contributed by atoms with Gasteiger partial charge in [0.15, 0.2) is 0 Å². The molecule has 100 valence electrons. The molecule has 3 heteroatoms. The van der Waals surface area contributed by atoms with E-state index >= 15 is 0 Å². The van der Waals surface area contributed by atoms with E-state index in [-0.39, 0.29) is 0 Å². The maximum atomic E-state index is 5.82. The third kappa shape index (κ3) is 2.89. The molecule has 1 aromatic heterocycles. The molecule has 0 unspecified atom stereocenters. The molecule has 1 heterocycles. The quantitative estimate of drug-likeness (QED) is 0.691. The zero-order chi connectivity index (χ0) is 13.8. The zero-order valence-corrected chi connectivity index (χ0v) is 12.1. The van der Waals surface area contributed by atoms with Crippen LogP contribution >= 0.6 is 11.3 Å². The van der Waals surface area contributed by atoms with Crippen LogP contribution in [-0.2, 0) is 6.61 Å². The molecule has 2 aromatic carbocycles. The minimum absolute atomic E-state index is 0.508. The van der Waals surface area contributed by atoms with Gasteiger partial charge in [-0.05, 0) is 18.6 Å². The lowest BCUT2D eigenvalue weighted by Gasteiger charge is -2.06. The highest BCUT2D eigenvalue weighted by Crippen LogP contribution is 2.24. The van der Waals surface area contributed by atoms with E-state index in [0.29, 0.717) is 6.61 Å². The molecule has 0 radical (unpaired) electrons. The van der Waals surface area contributed by atoms with Gasteiger partial charge in [0, 0.05) is 10.9 Å². The Hall–Kier alpha value is -2.13. The van der Waals surface area contributed by atoms with Crippen LogP contribution in [0.25, 0.3) is 10.6 Å². The summed E-state index contributed by atoms with van der Waals surface area (Å²) in [6.07, 6.45) is 0. The van der Waals surface area contributed by atoms with Crippen LogP contribution in [0.15, 0.2) is 60.0 Å². The SMILES string of the molecule is Cc1ccccc1OCc1csc(-c2ccccc2)n1. The molecule has 0 saturated heterocycles. The van der Waals surface area contributed by atoms with Crippen LogP contribution < -0.4 is 4.74 Å². The van der Waals surface area contributed by atoms with Gasteiger partial charge in [-0.3, -0.25) is 0 Å². The highest BCUT2D eigenvalue weighted by Gasteiger charge is 2.05. The predicted molar refractivity (Wildman–Crippen MR) is 83.1 cm³/mol. The van der Waals surface area contributed by atoms with Crippen molar-refractivity contribution in [2.75, 3.05) is 0 Å². The molecular formula is C17H15NOS. The first-order chi connectivity index (χ1) is 9.83. The summed E-state index contributed by atoms with van der Waals surface area (Å²) in [5.74, 6) is 0.918. The monoisotopic (exact) mass is 281 g/mol. The smallest absolute Gasteiger partial charge is 0.131 e. The minimum atomic E-state index is 0.508. The lowest BCUT2D eigenvalue weighted by atomic mass is 10.2. The summed E-state index contributed by atoms with van der Waals surface area (Å²) in [6.45, 7) is 2.56. The fraction of sp³-hybridized carbons (Fsp3) is 0.118. The third-order valence-electron chi connectivity index (χ3n) is 3.04. The van der Waals surface area contributed by atoms with Crippen molar-refractivity contribution in [3.8, 4) is 16.3 Å². The number of hydrogen-bond donors (Lipinski definition) is 0. The number of aryl methyl sites for hydroxylation is 1. The Balaban J connectivity index is 1.71. The fourth-order valence-corrected chi connectivity index (χ4v) is 2.77. The van der Waals surface area contributed by atoms with Gasteiger partial charge in [-0.1, -0.05) is 48.5 Å². The van der Waals surface area contributed by atoms with Crippen LogP contribution in [0, 0.1) is 6.92 Å². The highest BCUT2D eigenvalue weighted by molar-refractivity contribution is 7.13. The van der Waals surface area contributed by atoms with E-state index in [0.717, 1.165) is 27.6 Å². The number of thiazole rings is 1. The summed E-state index contributed by atoms with van der Waals surface area (Å²) in [4.78, 5) is 4.62. The number of para-hydroxylation sites is 1. The molecule has 0 bridgehead atoms. The van der Waals surface area contributed by atoms with Gasteiger partial charge in [-0.2, -0.15) is 0 Å². The Morgan fingerprint density at radius 1 is 1.00 bits per heavy atom. The topological polar surface area (TPSA) is 22.1 Å². The molecule has 0 aliphatic rings. The Labute approximate surface area is 122 Å². The molecule has 0 aliphatic carbocycles. The zero-order valence-electron chi connectivity index (χ0n) is 11.2. The minimum Gasteiger partial charge on any atom is -0.487 e. The molecule has 0 N–H and O–H groups in total. The Morgan fingerprint density at radius 2 is 1.75 bits per heavy atom. The van der Waals surface area contributed by atoms with Crippen molar-refractivity contribution >= 4 is 11.3 Å². The number of hydrogen-bond acceptors (Lipinski definition) is 3. The van der Waals surface area contributed by atoms with Gasteiger partial charge in [0.05, 0.1) is 5.69 Å². The number of benzene rings is 2. The van der Waals surface area contributed by atoms with Gasteiger partial charge in [-0.25, -0.2) is 4.98 Å². The van der Waals surface area contributed by atoms with Crippen LogP contribution in [-0.4, -0.2) is 4.98 Å². The maximum Gasteiger partial charge on any atom is 0.131 e. The van der Waals surface area contributed by atoms with Crippen molar-refractivity contribution < 1.29 is 4.74 Å². The summed E-state index contributed by atoms with van der Waals surface area (Å²) in [7, 11) is 0. The van der Waals surface area contributed by atoms with E-state index in [4.69, 9.17) is 4.74 Å². The second kappa shape index (κ2) is 5.88. The van der Waals surface area contributed by atoms with Crippen LogP contribution in [0.5, 0.6) is 5.75 Å². The molecule has 0 saturated carbocycles. The highest BCUT2D eigenvalue weighted by atomic mass is 32.1. The molecule has 3 aromatic rings. The van der Waals surface area contributed by atoms with Gasteiger partial charge >= 0.3 is 0 Å². The predicted octanol–water partition coefficient (Wildman–Crippen LogP) is 4.70. The molecule has 20 heavy (non-hydrogen) atoms. The van der Waals surface area contributed by atoms with E-state index in [9.17, 15) is 0 Å². The second-order valence-corrected chi connectivity index (χ2v) is 5.42. The summed E-state index contributed by atoms with van der Waals surface area (Å²) in [5.41, 5.74) is 3.27. The summed E-state index contributed by atoms with van der Waals surface area (Å²) < 4.78 is 5.82. The van der Waals surface area contributed by atoms with Crippen molar-refractivity contribution in [2.45, 2.75) is 13.5 Å². The van der Waals surface area contributed by atoms with Crippen LogP contribution in [0.4, 0.5) is 0 Å². The van der Waals surface area contributed by atoms with E-state index in [1.54, 1.807) is 11.3 Å². The van der Waals surface area contributed by atoms with E-state index in [1.807, 2.05) is 49.4 Å². The lowest BCUT2D eigenvalue weighted by Crippen LogP contribution is -1.97. The van der Waals surface area contributed by atoms with Crippen LogP contribution in [0.3, 0.4) is 0 Å². The van der Waals surface area contributed by atoms with Crippen molar-refractivity contribution in [3.05, 3.63) is 71.2 Å². The Kier molecular flexibility index (Phi) is 3.79. The number of rotatable bonds is 4. The number of aromatic nitrogens is 1. The second-order valence-electron chi connectivity index (χ2n) is 4.56. The largest absolute Gasteiger partial charge is 0.487 e. The Morgan fingerprint density at radius 3 is 2.55 bits per heavy atom. The molecule has 0 atom stereocenters. The van der Waals surface area contributed by atoms with Crippen molar-refractivity contribution in [1.29, 1.82) is 0 Å². The van der Waals surface area contributed by atoms with E-state index < -0.39 is 0 Å². The van der Waals surface area contributed by atoms with Crippen molar-refractivity contribution in [3.63, 3.8) is 0 Å². The van der Waals surface area contributed by atoms with E-state index in [2.05, 4.69) is 22.5 Å². The van der Waals surface area contributed by atoms with Gasteiger partial charge in [-0.15, -0.1) is 11.3 Å². The molecule has 0 amide bonds. The van der Waals surface area contributed by atoms with Crippen LogP contribution in [0.2, 0.25) is 0 Å². The first-order valence-corrected chi connectivity index (χ1v) is 7.39. The van der Waals surface area contributed by atoms with E-state index in [1.165, 1.54) is 0 Å². The van der Waals surface area contributed by atoms with Gasteiger partial charge in [0.2, 0.25) is 0 Å². The van der Waals surface area contributed by atoms with Crippen LogP contribution in [0.1, 0.15) is 11.3 Å². The Bertz CT molecular complexity index is 691. The average molecular weight is 281 g/mol. The molecule has 0 aliphatic heterocycles. The molecular weight excluding hydrogens is 266 g/mol. The first-order valence-electron chi connectivity index (χ1n) is 6.51. The fourth-order valence-electron chi connectivity index (χ4n) is 1.96. The molecule has 3 rings (SSSR count). The average Bonchev–Trinajstić information content (AvgIpc) is 2.96. The van der Waals surface area contributed by atoms with Crippen molar-refractivity contribution in [1.82, 2.24) is 4.98 Å². The molecule has 2 nitrogen and oxygen atoms in total. The van der Waals surface area contributed by atoms with Gasteiger partial charge in [0.1, 0.15) is 17.4 Å². The van der Waals surface area contributed by atoms with Gasteiger partial charge < -0.3 is 4.74 Å². The normalized spacial score (nSPS) is 10.4. The summed E-state index contributed by atoms with van der Waals surface area (Å²) in [5, 5.41) is 3.09. The summed E-state index contributed by atoms with van der Waals surface area (Å²) in [6, 6.07) is 18.2. The first kappa shape index (κ1) is 12.9. The standard InChI is InChI=1S/C17H15NOS/c1-13-7-5-6-10-16(13)19-11-15-12-20-17(18-15)14-8-3-2-4-9-14/h2-10,12H,11H2,1H3. The third-order valence-corrected chi connectivity index (χ3v) is 3.98. The van der Waals surface area contributed by atoms with Gasteiger partial charge in [0.25, 0.3) is 0 Å². The summed E-state index contributed by atoms with van der Waals surface area (Å²) >= 11 is 1.65. The number of ether oxygens (including phenoxy) is 1. The maximum absolute atomic E-state index is 5.82. The molecule has 0 fully saturated rings. The molecule has 0 spiro atoms.